The normalized spacial score (nSPS) is 10.1. The van der Waals surface area contributed by atoms with Gasteiger partial charge in [-0.1, -0.05) is 12.1 Å². The molecule has 5 heteroatoms. The molecule has 0 saturated carbocycles. The van der Waals surface area contributed by atoms with E-state index in [9.17, 15) is 4.79 Å². The van der Waals surface area contributed by atoms with E-state index in [1.54, 1.807) is 18.4 Å². The van der Waals surface area contributed by atoms with Crippen molar-refractivity contribution < 1.29 is 9.21 Å². The van der Waals surface area contributed by atoms with E-state index < -0.39 is 0 Å². The molecule has 4 N–H and O–H groups in total. The summed E-state index contributed by atoms with van der Waals surface area (Å²) in [5.41, 5.74) is 7.24. The number of furan rings is 1. The fourth-order valence-corrected chi connectivity index (χ4v) is 1.48. The molecule has 0 radical (unpaired) electrons. The van der Waals surface area contributed by atoms with Gasteiger partial charge in [-0.15, -0.1) is 0 Å². The fraction of sp³-hybridized carbons (Fsp3) is 0.154. The number of benzene rings is 1. The van der Waals surface area contributed by atoms with Crippen molar-refractivity contribution in [1.29, 1.82) is 0 Å². The molecular formula is C13H15N3O2. The second-order valence-electron chi connectivity index (χ2n) is 3.79. The molecule has 2 rings (SSSR count). The zero-order chi connectivity index (χ0) is 12.8. The maximum absolute atomic E-state index is 11.6. The zero-order valence-corrected chi connectivity index (χ0v) is 9.85. The van der Waals surface area contributed by atoms with E-state index in [1.165, 1.54) is 0 Å². The SMILES string of the molecule is NCc1ccc(NC(=O)NCc2ccco2)cc1. The highest BCUT2D eigenvalue weighted by Crippen LogP contribution is 2.08. The van der Waals surface area contributed by atoms with Crippen molar-refractivity contribution in [3.05, 3.63) is 54.0 Å². The molecule has 0 aliphatic rings. The third kappa shape index (κ3) is 3.36. The van der Waals surface area contributed by atoms with Gasteiger partial charge < -0.3 is 20.8 Å². The van der Waals surface area contributed by atoms with Crippen LogP contribution in [-0.2, 0) is 13.1 Å². The van der Waals surface area contributed by atoms with Crippen molar-refractivity contribution in [3.63, 3.8) is 0 Å². The summed E-state index contributed by atoms with van der Waals surface area (Å²) in [5.74, 6) is 0.712. The van der Waals surface area contributed by atoms with Crippen LogP contribution >= 0.6 is 0 Å². The van der Waals surface area contributed by atoms with E-state index in [4.69, 9.17) is 10.2 Å². The van der Waals surface area contributed by atoms with Crippen LogP contribution in [0.5, 0.6) is 0 Å². The minimum atomic E-state index is -0.271. The van der Waals surface area contributed by atoms with Crippen LogP contribution in [0, 0.1) is 0 Å². The maximum atomic E-state index is 11.6. The molecule has 0 fully saturated rings. The topological polar surface area (TPSA) is 80.3 Å². The number of hydrogen-bond acceptors (Lipinski definition) is 3. The average Bonchev–Trinajstić information content (AvgIpc) is 2.90. The zero-order valence-electron chi connectivity index (χ0n) is 9.85. The highest BCUT2D eigenvalue weighted by Gasteiger charge is 2.02. The molecule has 18 heavy (non-hydrogen) atoms. The first-order chi connectivity index (χ1) is 8.78. The molecule has 0 spiro atoms. The van der Waals surface area contributed by atoms with Crippen molar-refractivity contribution in [1.82, 2.24) is 5.32 Å². The second-order valence-corrected chi connectivity index (χ2v) is 3.79. The summed E-state index contributed by atoms with van der Waals surface area (Å²) in [5, 5.41) is 5.42. The van der Waals surface area contributed by atoms with Gasteiger partial charge in [0.2, 0.25) is 0 Å². The summed E-state index contributed by atoms with van der Waals surface area (Å²) in [6.07, 6.45) is 1.57. The minimum absolute atomic E-state index is 0.271. The van der Waals surface area contributed by atoms with E-state index in [2.05, 4.69) is 10.6 Å². The van der Waals surface area contributed by atoms with Crippen molar-refractivity contribution in [3.8, 4) is 0 Å². The van der Waals surface area contributed by atoms with Gasteiger partial charge in [0, 0.05) is 12.2 Å². The number of hydrogen-bond donors (Lipinski definition) is 3. The molecule has 0 aliphatic heterocycles. The van der Waals surface area contributed by atoms with Gasteiger partial charge in [0.05, 0.1) is 12.8 Å². The van der Waals surface area contributed by atoms with E-state index in [1.807, 2.05) is 24.3 Å². The van der Waals surface area contributed by atoms with E-state index >= 15 is 0 Å². The Kier molecular flexibility index (Phi) is 3.98. The molecule has 1 aromatic carbocycles. The smallest absolute Gasteiger partial charge is 0.319 e. The lowest BCUT2D eigenvalue weighted by atomic mass is 10.2. The van der Waals surface area contributed by atoms with E-state index in [0.717, 1.165) is 11.3 Å². The van der Waals surface area contributed by atoms with Crippen molar-refractivity contribution in [2.45, 2.75) is 13.1 Å². The fourth-order valence-electron chi connectivity index (χ4n) is 1.48. The third-order valence-corrected chi connectivity index (χ3v) is 2.45. The Morgan fingerprint density at radius 3 is 2.61 bits per heavy atom. The minimum Gasteiger partial charge on any atom is -0.467 e. The lowest BCUT2D eigenvalue weighted by Gasteiger charge is -2.07. The van der Waals surface area contributed by atoms with Gasteiger partial charge in [0.15, 0.2) is 0 Å². The van der Waals surface area contributed by atoms with E-state index in [-0.39, 0.29) is 6.03 Å². The standard InChI is InChI=1S/C13H15N3O2/c14-8-10-3-5-11(6-4-10)16-13(17)15-9-12-2-1-7-18-12/h1-7H,8-9,14H2,(H2,15,16,17). The summed E-state index contributed by atoms with van der Waals surface area (Å²) >= 11 is 0. The Labute approximate surface area is 105 Å². The Balaban J connectivity index is 1.83. The molecule has 1 heterocycles. The van der Waals surface area contributed by atoms with Crippen molar-refractivity contribution in [2.75, 3.05) is 5.32 Å². The molecule has 94 valence electrons. The first kappa shape index (κ1) is 12.2. The highest BCUT2D eigenvalue weighted by atomic mass is 16.3. The average molecular weight is 245 g/mol. The number of amides is 2. The lowest BCUT2D eigenvalue weighted by Crippen LogP contribution is -2.27. The molecule has 2 aromatic rings. The monoisotopic (exact) mass is 245 g/mol. The van der Waals surface area contributed by atoms with Crippen LogP contribution in [0.15, 0.2) is 47.1 Å². The summed E-state index contributed by atoms with van der Waals surface area (Å²) in [6.45, 7) is 0.852. The molecule has 0 unspecified atom stereocenters. The Hall–Kier alpha value is -2.27. The highest BCUT2D eigenvalue weighted by molar-refractivity contribution is 5.89. The lowest BCUT2D eigenvalue weighted by molar-refractivity contribution is 0.251. The van der Waals surface area contributed by atoms with E-state index in [0.29, 0.717) is 18.8 Å². The number of carbonyl (C=O) groups excluding carboxylic acids is 1. The predicted molar refractivity (Wildman–Crippen MR) is 68.9 cm³/mol. The first-order valence-corrected chi connectivity index (χ1v) is 5.64. The summed E-state index contributed by atoms with van der Waals surface area (Å²) in [6, 6.07) is 10.7. The largest absolute Gasteiger partial charge is 0.467 e. The van der Waals surface area contributed by atoms with Crippen molar-refractivity contribution >= 4 is 11.7 Å². The molecule has 0 saturated heterocycles. The number of nitrogens with one attached hydrogen (secondary N) is 2. The van der Waals surface area contributed by atoms with Gasteiger partial charge in [-0.2, -0.15) is 0 Å². The molecule has 5 nitrogen and oxygen atoms in total. The van der Waals surface area contributed by atoms with Crippen LogP contribution in [0.4, 0.5) is 10.5 Å². The van der Waals surface area contributed by atoms with Crippen molar-refractivity contribution in [2.24, 2.45) is 5.73 Å². The summed E-state index contributed by atoms with van der Waals surface area (Å²) < 4.78 is 5.11. The Morgan fingerprint density at radius 1 is 1.22 bits per heavy atom. The van der Waals surface area contributed by atoms with Crippen LogP contribution in [0.3, 0.4) is 0 Å². The first-order valence-electron chi connectivity index (χ1n) is 5.64. The molecule has 2 amide bonds. The van der Waals surface area contributed by atoms with Gasteiger partial charge in [-0.25, -0.2) is 4.79 Å². The van der Waals surface area contributed by atoms with Crippen LogP contribution in [0.25, 0.3) is 0 Å². The van der Waals surface area contributed by atoms with Crippen LogP contribution in [0.2, 0.25) is 0 Å². The second kappa shape index (κ2) is 5.88. The van der Waals surface area contributed by atoms with Gasteiger partial charge in [0.25, 0.3) is 0 Å². The van der Waals surface area contributed by atoms with Crippen LogP contribution in [0.1, 0.15) is 11.3 Å². The van der Waals surface area contributed by atoms with Crippen LogP contribution in [-0.4, -0.2) is 6.03 Å². The van der Waals surface area contributed by atoms with Gasteiger partial charge >= 0.3 is 6.03 Å². The van der Waals surface area contributed by atoms with Gasteiger partial charge in [-0.05, 0) is 29.8 Å². The Bertz CT molecular complexity index is 491. The number of carbonyl (C=O) groups is 1. The number of urea groups is 1. The summed E-state index contributed by atoms with van der Waals surface area (Å²) in [7, 11) is 0. The number of nitrogens with two attached hydrogens (primary N) is 1. The molecule has 1 aromatic heterocycles. The van der Waals surface area contributed by atoms with Gasteiger partial charge in [-0.3, -0.25) is 0 Å². The quantitative estimate of drug-likeness (QED) is 0.771. The molecule has 0 atom stereocenters. The maximum Gasteiger partial charge on any atom is 0.319 e. The molecule has 0 aliphatic carbocycles. The number of anilines is 1. The number of rotatable bonds is 4. The van der Waals surface area contributed by atoms with Crippen LogP contribution < -0.4 is 16.4 Å². The predicted octanol–water partition coefficient (Wildman–Crippen LogP) is 2.06. The molecule has 0 bridgehead atoms. The third-order valence-electron chi connectivity index (χ3n) is 2.45. The van der Waals surface area contributed by atoms with Gasteiger partial charge in [0.1, 0.15) is 5.76 Å². The Morgan fingerprint density at radius 2 is 2.00 bits per heavy atom. The molecular weight excluding hydrogens is 230 g/mol. The summed E-state index contributed by atoms with van der Waals surface area (Å²) in [4.78, 5) is 11.6.